The number of nitrogens with one attached hydrogen (secondary N) is 2. The van der Waals surface area contributed by atoms with E-state index in [4.69, 9.17) is 4.74 Å². The highest BCUT2D eigenvalue weighted by Gasteiger charge is 2.30. The highest BCUT2D eigenvalue weighted by molar-refractivity contribution is 5.89. The minimum absolute atomic E-state index is 0.0590. The topological polar surface area (TPSA) is 81.1 Å². The second-order valence-corrected chi connectivity index (χ2v) is 8.06. The van der Waals surface area contributed by atoms with Gasteiger partial charge in [-0.15, -0.1) is 0 Å². The van der Waals surface area contributed by atoms with E-state index in [-0.39, 0.29) is 11.8 Å². The number of halogens is 3. The Hall–Kier alpha value is -3.82. The van der Waals surface area contributed by atoms with Crippen molar-refractivity contribution in [2.45, 2.75) is 32.9 Å². The normalized spacial score (nSPS) is 15.4. The van der Waals surface area contributed by atoms with Gasteiger partial charge in [0.25, 0.3) is 0 Å². The summed E-state index contributed by atoms with van der Waals surface area (Å²) in [5.74, 6) is 2.11. The lowest BCUT2D eigenvalue weighted by atomic mass is 9.96. The molecule has 4 rings (SSSR count). The zero-order valence-electron chi connectivity index (χ0n) is 18.9. The molecule has 0 aliphatic heterocycles. The molecule has 1 aliphatic carbocycles. The van der Waals surface area contributed by atoms with Crippen LogP contribution in [0.2, 0.25) is 0 Å². The Morgan fingerprint density at radius 3 is 2.65 bits per heavy atom. The van der Waals surface area contributed by atoms with Crippen molar-refractivity contribution in [3.63, 3.8) is 0 Å². The van der Waals surface area contributed by atoms with Crippen LogP contribution in [-0.2, 0) is 24.4 Å². The second kappa shape index (κ2) is 9.20. The number of carbonyl (C=O) groups excluding carboxylic acids is 1. The number of anilines is 3. The lowest BCUT2D eigenvalue weighted by molar-refractivity contribution is -0.137. The first-order valence-corrected chi connectivity index (χ1v) is 10.8. The minimum atomic E-state index is -4.38. The monoisotopic (exact) mass is 471 g/mol. The molecule has 0 spiro atoms. The number of pyridine rings is 1. The van der Waals surface area contributed by atoms with Crippen LogP contribution in [0.25, 0.3) is 6.08 Å². The fraction of sp³-hybridized carbons (Fsp3) is 0.292. The van der Waals surface area contributed by atoms with Crippen LogP contribution in [0.5, 0.6) is 5.75 Å². The average Bonchev–Trinajstić information content (AvgIpc) is 3.08. The Kier molecular flexibility index (Phi) is 6.32. The summed E-state index contributed by atoms with van der Waals surface area (Å²) in [7, 11) is 1.86. The first kappa shape index (κ1) is 23.3. The molecule has 7 nitrogen and oxygen atoms in total. The maximum Gasteiger partial charge on any atom is 0.416 e. The predicted octanol–water partition coefficient (Wildman–Crippen LogP) is 5.54. The van der Waals surface area contributed by atoms with E-state index in [1.165, 1.54) is 12.1 Å². The Morgan fingerprint density at radius 2 is 1.97 bits per heavy atom. The predicted molar refractivity (Wildman–Crippen MR) is 123 cm³/mol. The molecule has 1 amide bonds. The van der Waals surface area contributed by atoms with Crippen LogP contribution >= 0.6 is 0 Å². The van der Waals surface area contributed by atoms with E-state index in [2.05, 4.69) is 20.6 Å². The fourth-order valence-corrected chi connectivity index (χ4v) is 3.60. The molecule has 178 valence electrons. The molecule has 0 fully saturated rings. The van der Waals surface area contributed by atoms with Gasteiger partial charge >= 0.3 is 6.18 Å². The summed E-state index contributed by atoms with van der Waals surface area (Å²) in [6.07, 6.45) is 0.0541. The first-order chi connectivity index (χ1) is 16.1. The van der Waals surface area contributed by atoms with Crippen LogP contribution in [0.4, 0.5) is 30.6 Å². The van der Waals surface area contributed by atoms with Gasteiger partial charge in [-0.2, -0.15) is 13.2 Å². The van der Waals surface area contributed by atoms with Crippen molar-refractivity contribution >= 4 is 29.4 Å². The number of nitrogens with zero attached hydrogens (tertiary/aromatic N) is 3. The van der Waals surface area contributed by atoms with Gasteiger partial charge < -0.3 is 19.9 Å². The van der Waals surface area contributed by atoms with Crippen molar-refractivity contribution < 1.29 is 22.7 Å². The molecule has 1 atom stereocenters. The van der Waals surface area contributed by atoms with Gasteiger partial charge in [-0.25, -0.2) is 9.97 Å². The number of alkyl halides is 3. The lowest BCUT2D eigenvalue weighted by Crippen LogP contribution is -2.16. The van der Waals surface area contributed by atoms with Crippen LogP contribution in [0.3, 0.4) is 0 Å². The van der Waals surface area contributed by atoms with Gasteiger partial charge in [0.15, 0.2) is 0 Å². The highest BCUT2D eigenvalue weighted by atomic mass is 19.4. The number of benzene rings is 1. The number of aromatic nitrogens is 3. The number of hydrogen-bond acceptors (Lipinski definition) is 5. The zero-order chi connectivity index (χ0) is 24.5. The molecule has 1 aliphatic rings. The van der Waals surface area contributed by atoms with E-state index in [1.807, 2.05) is 24.6 Å². The molecule has 0 saturated carbocycles. The van der Waals surface area contributed by atoms with E-state index in [0.717, 1.165) is 23.5 Å². The molecular weight excluding hydrogens is 447 g/mol. The Labute approximate surface area is 194 Å². The SMILES string of the molecule is CCC(=O)Nc1cc(OC2=Cc3nc(Nc4ccc(C(F)(F)F)cc4)n(C)c3CC2C)ccn1. The number of imidazole rings is 1. The van der Waals surface area contributed by atoms with Gasteiger partial charge in [-0.1, -0.05) is 13.8 Å². The molecule has 0 bridgehead atoms. The summed E-state index contributed by atoms with van der Waals surface area (Å²) in [5.41, 5.74) is 1.51. The summed E-state index contributed by atoms with van der Waals surface area (Å²) in [5, 5.41) is 5.79. The summed E-state index contributed by atoms with van der Waals surface area (Å²) in [4.78, 5) is 20.4. The van der Waals surface area contributed by atoms with Crippen LogP contribution in [-0.4, -0.2) is 20.4 Å². The Morgan fingerprint density at radius 1 is 1.24 bits per heavy atom. The number of fused-ring (bicyclic) bond motifs is 1. The quantitative estimate of drug-likeness (QED) is 0.494. The van der Waals surface area contributed by atoms with E-state index in [9.17, 15) is 18.0 Å². The third kappa shape index (κ3) is 5.05. The van der Waals surface area contributed by atoms with E-state index in [1.54, 1.807) is 25.3 Å². The van der Waals surface area contributed by atoms with Gasteiger partial charge in [0, 0.05) is 49.1 Å². The summed E-state index contributed by atoms with van der Waals surface area (Å²) < 4.78 is 46.4. The smallest absolute Gasteiger partial charge is 0.416 e. The fourth-order valence-electron chi connectivity index (χ4n) is 3.60. The van der Waals surface area contributed by atoms with Gasteiger partial charge in [-0.3, -0.25) is 4.79 Å². The van der Waals surface area contributed by atoms with E-state index < -0.39 is 11.7 Å². The summed E-state index contributed by atoms with van der Waals surface area (Å²) in [6, 6.07) is 8.19. The molecule has 1 aromatic carbocycles. The van der Waals surface area contributed by atoms with Crippen LogP contribution in [0.1, 0.15) is 37.2 Å². The Balaban J connectivity index is 1.53. The number of rotatable bonds is 6. The minimum Gasteiger partial charge on any atom is -0.461 e. The van der Waals surface area contributed by atoms with Crippen molar-refractivity contribution in [2.24, 2.45) is 13.0 Å². The van der Waals surface area contributed by atoms with Crippen LogP contribution in [0, 0.1) is 5.92 Å². The number of amides is 1. The molecule has 2 heterocycles. The zero-order valence-corrected chi connectivity index (χ0v) is 18.9. The van der Waals surface area contributed by atoms with Crippen molar-refractivity contribution in [3.05, 3.63) is 65.3 Å². The number of allylic oxidation sites excluding steroid dienone is 1. The molecule has 0 radical (unpaired) electrons. The molecule has 34 heavy (non-hydrogen) atoms. The van der Waals surface area contributed by atoms with Crippen LogP contribution < -0.4 is 15.4 Å². The van der Waals surface area contributed by atoms with E-state index in [0.29, 0.717) is 41.8 Å². The molecular formula is C24H24F3N5O2. The second-order valence-electron chi connectivity index (χ2n) is 8.06. The molecule has 2 N–H and O–H groups in total. The van der Waals surface area contributed by atoms with Gasteiger partial charge in [-0.05, 0) is 36.8 Å². The van der Waals surface area contributed by atoms with Gasteiger partial charge in [0.1, 0.15) is 17.3 Å². The largest absolute Gasteiger partial charge is 0.461 e. The number of hydrogen-bond donors (Lipinski definition) is 2. The van der Waals surface area contributed by atoms with E-state index >= 15 is 0 Å². The van der Waals surface area contributed by atoms with Crippen molar-refractivity contribution in [1.82, 2.24) is 14.5 Å². The third-order valence-corrected chi connectivity index (χ3v) is 5.53. The average molecular weight is 471 g/mol. The van der Waals surface area contributed by atoms with Crippen molar-refractivity contribution in [3.8, 4) is 5.75 Å². The number of ether oxygens (including phenoxy) is 1. The Bertz CT molecular complexity index is 1230. The standard InChI is InChI=1S/C24H24F3N5O2/c1-4-22(33)31-21-12-17(9-10-28-21)34-20-13-18-19(11-14(20)2)32(3)23(30-18)29-16-7-5-15(6-8-16)24(25,26)27/h5-10,12-14H,4,11H2,1-3H3,(H,29,30)(H,28,31,33). The molecule has 2 aromatic heterocycles. The van der Waals surface area contributed by atoms with Gasteiger partial charge in [0.2, 0.25) is 11.9 Å². The first-order valence-electron chi connectivity index (χ1n) is 10.8. The van der Waals surface area contributed by atoms with Gasteiger partial charge in [0.05, 0.1) is 11.3 Å². The molecule has 10 heteroatoms. The molecule has 0 saturated heterocycles. The maximum absolute atomic E-state index is 12.8. The van der Waals surface area contributed by atoms with Crippen molar-refractivity contribution in [1.29, 1.82) is 0 Å². The number of carbonyl (C=O) groups is 1. The lowest BCUT2D eigenvalue weighted by Gasteiger charge is -2.21. The van der Waals surface area contributed by atoms with Crippen molar-refractivity contribution in [2.75, 3.05) is 10.6 Å². The molecule has 1 unspecified atom stereocenters. The third-order valence-electron chi connectivity index (χ3n) is 5.53. The molecule has 3 aromatic rings. The highest BCUT2D eigenvalue weighted by Crippen LogP contribution is 2.33. The summed E-state index contributed by atoms with van der Waals surface area (Å²) in [6.45, 7) is 3.79. The van der Waals surface area contributed by atoms with Crippen LogP contribution in [0.15, 0.2) is 48.4 Å². The summed E-state index contributed by atoms with van der Waals surface area (Å²) >= 11 is 0. The maximum atomic E-state index is 12.8.